The number of fused-ring (bicyclic) bond motifs is 1. The van der Waals surface area contributed by atoms with Gasteiger partial charge in [0.15, 0.2) is 5.76 Å². The number of para-hydroxylation sites is 2. The van der Waals surface area contributed by atoms with Crippen LogP contribution >= 0.6 is 11.8 Å². The number of nitrogens with zero attached hydrogens (tertiary/aromatic N) is 2. The summed E-state index contributed by atoms with van der Waals surface area (Å²) in [5, 5.41) is 3.13. The molecule has 1 N–H and O–H groups in total. The highest BCUT2D eigenvalue weighted by Gasteiger charge is 2.23. The summed E-state index contributed by atoms with van der Waals surface area (Å²) in [6, 6.07) is 21.6. The molecule has 4 rings (SSSR count). The molecule has 0 saturated heterocycles. The molecule has 6 heteroatoms. The van der Waals surface area contributed by atoms with E-state index in [-0.39, 0.29) is 11.9 Å². The van der Waals surface area contributed by atoms with E-state index in [1.807, 2.05) is 36.4 Å². The Morgan fingerprint density at radius 3 is 2.66 bits per heavy atom. The topological polar surface area (TPSA) is 60.1 Å². The molecule has 0 bridgehead atoms. The third-order valence-electron chi connectivity index (χ3n) is 4.84. The van der Waals surface area contributed by atoms with E-state index in [1.54, 1.807) is 23.9 Å². The van der Waals surface area contributed by atoms with Gasteiger partial charge in [-0.25, -0.2) is 4.98 Å². The normalized spacial score (nSPS) is 12.2. The quantitative estimate of drug-likeness (QED) is 0.453. The second-order valence-electron chi connectivity index (χ2n) is 6.82. The molecule has 2 aromatic heterocycles. The fraction of sp³-hybridized carbons (Fsp3) is 0.217. The molecule has 0 aliphatic rings. The summed E-state index contributed by atoms with van der Waals surface area (Å²) in [6.45, 7) is 0.697. The SMILES string of the molecule is CSCC[C@H](NC(=O)c1ccco1)c1nc2ccccc2n1Cc1ccccc1. The maximum absolute atomic E-state index is 12.7. The number of aromatic nitrogens is 2. The van der Waals surface area contributed by atoms with Crippen LogP contribution in [-0.2, 0) is 6.54 Å². The summed E-state index contributed by atoms with van der Waals surface area (Å²) in [6.07, 6.45) is 4.36. The first-order chi connectivity index (χ1) is 14.3. The zero-order valence-electron chi connectivity index (χ0n) is 16.2. The molecule has 0 radical (unpaired) electrons. The lowest BCUT2D eigenvalue weighted by Gasteiger charge is -2.19. The van der Waals surface area contributed by atoms with E-state index in [9.17, 15) is 4.79 Å². The smallest absolute Gasteiger partial charge is 0.287 e. The minimum atomic E-state index is -0.223. The van der Waals surface area contributed by atoms with Gasteiger partial charge in [0.2, 0.25) is 0 Å². The number of carbonyl (C=O) groups excluding carboxylic acids is 1. The summed E-state index contributed by atoms with van der Waals surface area (Å²) in [4.78, 5) is 17.6. The third-order valence-corrected chi connectivity index (χ3v) is 5.48. The Morgan fingerprint density at radius 1 is 1.10 bits per heavy atom. The highest BCUT2D eigenvalue weighted by atomic mass is 32.2. The van der Waals surface area contributed by atoms with Crippen molar-refractivity contribution in [1.82, 2.24) is 14.9 Å². The van der Waals surface area contributed by atoms with Crippen LogP contribution in [0.2, 0.25) is 0 Å². The van der Waals surface area contributed by atoms with Crippen LogP contribution in [0.15, 0.2) is 77.4 Å². The molecule has 0 spiro atoms. The highest BCUT2D eigenvalue weighted by Crippen LogP contribution is 2.25. The Kier molecular flexibility index (Phi) is 6.00. The Balaban J connectivity index is 1.73. The summed E-state index contributed by atoms with van der Waals surface area (Å²) < 4.78 is 7.48. The van der Waals surface area contributed by atoms with E-state index in [0.717, 1.165) is 29.0 Å². The summed E-state index contributed by atoms with van der Waals surface area (Å²) in [7, 11) is 0. The van der Waals surface area contributed by atoms with Gasteiger partial charge in [0.05, 0.1) is 23.3 Å². The minimum absolute atomic E-state index is 0.212. The number of hydrogen-bond acceptors (Lipinski definition) is 4. The van der Waals surface area contributed by atoms with Gasteiger partial charge in [-0.2, -0.15) is 11.8 Å². The van der Waals surface area contributed by atoms with E-state index in [0.29, 0.717) is 12.3 Å². The van der Waals surface area contributed by atoms with Crippen molar-refractivity contribution in [3.63, 3.8) is 0 Å². The summed E-state index contributed by atoms with van der Waals surface area (Å²) in [5.74, 6) is 1.87. The first-order valence-corrected chi connectivity index (χ1v) is 11.0. The van der Waals surface area contributed by atoms with Crippen LogP contribution in [0, 0.1) is 0 Å². The fourth-order valence-corrected chi connectivity index (χ4v) is 3.90. The molecule has 0 aliphatic carbocycles. The van der Waals surface area contributed by atoms with E-state index < -0.39 is 0 Å². The molecule has 148 valence electrons. The highest BCUT2D eigenvalue weighted by molar-refractivity contribution is 7.98. The predicted octanol–water partition coefficient (Wildman–Crippen LogP) is 4.90. The van der Waals surface area contributed by atoms with Crippen molar-refractivity contribution in [3.8, 4) is 0 Å². The number of imidazole rings is 1. The molecular weight excluding hydrogens is 382 g/mol. The Morgan fingerprint density at radius 2 is 1.90 bits per heavy atom. The molecule has 0 unspecified atom stereocenters. The van der Waals surface area contributed by atoms with E-state index in [1.165, 1.54) is 11.8 Å². The number of rotatable bonds is 8. The molecule has 2 aromatic carbocycles. The summed E-state index contributed by atoms with van der Waals surface area (Å²) >= 11 is 1.75. The molecule has 1 atom stereocenters. The van der Waals surface area contributed by atoms with Crippen LogP contribution in [0.5, 0.6) is 0 Å². The van der Waals surface area contributed by atoms with E-state index in [4.69, 9.17) is 9.40 Å². The number of thioether (sulfide) groups is 1. The minimum Gasteiger partial charge on any atom is -0.459 e. The average molecular weight is 406 g/mol. The first-order valence-electron chi connectivity index (χ1n) is 9.58. The number of furan rings is 1. The molecular formula is C23H23N3O2S. The maximum atomic E-state index is 12.7. The predicted molar refractivity (Wildman–Crippen MR) is 117 cm³/mol. The van der Waals surface area contributed by atoms with Crippen molar-refractivity contribution in [1.29, 1.82) is 0 Å². The molecule has 29 heavy (non-hydrogen) atoms. The number of carbonyl (C=O) groups is 1. The third kappa shape index (κ3) is 4.38. The zero-order valence-corrected chi connectivity index (χ0v) is 17.1. The lowest BCUT2D eigenvalue weighted by atomic mass is 10.1. The Labute approximate surface area is 174 Å². The molecule has 4 aromatic rings. The van der Waals surface area contributed by atoms with E-state index in [2.05, 4.69) is 34.3 Å². The van der Waals surface area contributed by atoms with Crippen molar-refractivity contribution in [2.45, 2.75) is 19.0 Å². The van der Waals surface area contributed by atoms with Crippen molar-refractivity contribution in [2.24, 2.45) is 0 Å². The second-order valence-corrected chi connectivity index (χ2v) is 7.80. The van der Waals surface area contributed by atoms with Gasteiger partial charge in [-0.15, -0.1) is 0 Å². The lowest BCUT2D eigenvalue weighted by molar-refractivity contribution is 0.0905. The Bertz CT molecular complexity index is 1070. The molecule has 1 amide bonds. The molecule has 0 aliphatic heterocycles. The van der Waals surface area contributed by atoms with Crippen molar-refractivity contribution in [3.05, 3.63) is 90.1 Å². The van der Waals surface area contributed by atoms with Crippen LogP contribution in [0.3, 0.4) is 0 Å². The average Bonchev–Trinajstić information content (AvgIpc) is 3.41. The number of benzene rings is 2. The Hall–Kier alpha value is -2.99. The number of hydrogen-bond donors (Lipinski definition) is 1. The molecule has 2 heterocycles. The van der Waals surface area contributed by atoms with Gasteiger partial charge in [-0.1, -0.05) is 42.5 Å². The molecule has 5 nitrogen and oxygen atoms in total. The first kappa shape index (κ1) is 19.3. The van der Waals surface area contributed by atoms with Crippen LogP contribution in [0.1, 0.15) is 34.4 Å². The number of nitrogens with one attached hydrogen (secondary N) is 1. The van der Waals surface area contributed by atoms with Gasteiger partial charge in [0.1, 0.15) is 5.82 Å². The molecule has 0 saturated carbocycles. The largest absolute Gasteiger partial charge is 0.459 e. The standard InChI is InChI=1S/C23H23N3O2S/c1-29-15-13-19(25-23(27)21-12-7-14-28-21)22-24-18-10-5-6-11-20(18)26(22)16-17-8-3-2-4-9-17/h2-12,14,19H,13,15-16H2,1H3,(H,25,27)/t19-/m0/s1. The van der Waals surface area contributed by atoms with Gasteiger partial charge in [0.25, 0.3) is 5.91 Å². The van der Waals surface area contributed by atoms with Crippen LogP contribution in [-0.4, -0.2) is 27.5 Å². The van der Waals surface area contributed by atoms with Crippen molar-refractivity contribution >= 4 is 28.7 Å². The van der Waals surface area contributed by atoms with Crippen LogP contribution in [0.4, 0.5) is 0 Å². The van der Waals surface area contributed by atoms with Gasteiger partial charge in [-0.3, -0.25) is 4.79 Å². The van der Waals surface area contributed by atoms with Crippen LogP contribution < -0.4 is 5.32 Å². The lowest BCUT2D eigenvalue weighted by Crippen LogP contribution is -2.31. The monoisotopic (exact) mass is 405 g/mol. The summed E-state index contributed by atoms with van der Waals surface area (Å²) in [5.41, 5.74) is 3.19. The number of amides is 1. The van der Waals surface area contributed by atoms with Gasteiger partial charge >= 0.3 is 0 Å². The zero-order chi connectivity index (χ0) is 20.1. The maximum Gasteiger partial charge on any atom is 0.287 e. The van der Waals surface area contributed by atoms with Crippen LogP contribution in [0.25, 0.3) is 11.0 Å². The fourth-order valence-electron chi connectivity index (χ4n) is 3.43. The van der Waals surface area contributed by atoms with Gasteiger partial charge in [0, 0.05) is 6.54 Å². The van der Waals surface area contributed by atoms with Gasteiger partial charge < -0.3 is 14.3 Å². The molecule has 0 fully saturated rings. The van der Waals surface area contributed by atoms with Gasteiger partial charge in [-0.05, 0) is 48.3 Å². The van der Waals surface area contributed by atoms with E-state index >= 15 is 0 Å². The van der Waals surface area contributed by atoms with Crippen molar-refractivity contribution in [2.75, 3.05) is 12.0 Å². The van der Waals surface area contributed by atoms with Crippen molar-refractivity contribution < 1.29 is 9.21 Å². The second kappa shape index (κ2) is 9.01.